The van der Waals surface area contributed by atoms with E-state index in [1.807, 2.05) is 6.92 Å². The first-order chi connectivity index (χ1) is 14.5. The van der Waals surface area contributed by atoms with Gasteiger partial charge in [-0.2, -0.15) is 0 Å². The normalized spacial score (nSPS) is 25.9. The number of nitrogens with zero attached hydrogens (tertiary/aromatic N) is 1. The molecule has 0 spiro atoms. The largest absolute Gasteiger partial charge is 0.499 e. The van der Waals surface area contributed by atoms with E-state index in [4.69, 9.17) is 4.74 Å². The summed E-state index contributed by atoms with van der Waals surface area (Å²) in [6, 6.07) is -0.340. The molecule has 6 heteroatoms. The van der Waals surface area contributed by atoms with Gasteiger partial charge in [0.2, 0.25) is 11.8 Å². The maximum atomic E-state index is 13.0. The van der Waals surface area contributed by atoms with Gasteiger partial charge in [0.25, 0.3) is 5.91 Å². The van der Waals surface area contributed by atoms with E-state index in [0.29, 0.717) is 25.1 Å². The highest BCUT2D eigenvalue weighted by Gasteiger charge is 2.39. The predicted molar refractivity (Wildman–Crippen MR) is 116 cm³/mol. The van der Waals surface area contributed by atoms with Gasteiger partial charge in [0.1, 0.15) is 5.76 Å². The molecule has 2 rings (SSSR count). The number of amides is 3. The van der Waals surface area contributed by atoms with Gasteiger partial charge in [0, 0.05) is 37.8 Å². The van der Waals surface area contributed by atoms with Gasteiger partial charge in [-0.1, -0.05) is 19.8 Å². The Morgan fingerprint density at radius 3 is 2.40 bits per heavy atom. The van der Waals surface area contributed by atoms with E-state index in [1.54, 1.807) is 0 Å². The monoisotopic (exact) mass is 416 g/mol. The number of rotatable bonds is 1. The maximum Gasteiger partial charge on any atom is 0.257 e. The van der Waals surface area contributed by atoms with Crippen molar-refractivity contribution < 1.29 is 19.1 Å². The van der Waals surface area contributed by atoms with Crippen LogP contribution in [0.1, 0.15) is 84.0 Å². The standard InChI is InChI=1S/C24H36N2O4/c1-19-14-10-8-6-4-3-5-7-9-11-16-22(27)25-17-13-12-15-20-21(30-2)18-23(28)26(20)24(19)29/h18-20H,5-17H2,1-2H3,(H,25,27)/t19?,20-/m0/s1. The summed E-state index contributed by atoms with van der Waals surface area (Å²) in [4.78, 5) is 38.8. The van der Waals surface area contributed by atoms with Gasteiger partial charge in [-0.25, -0.2) is 0 Å². The molecular weight excluding hydrogens is 380 g/mol. The topological polar surface area (TPSA) is 75.7 Å². The molecule has 0 aromatic carbocycles. The van der Waals surface area contributed by atoms with E-state index in [9.17, 15) is 14.4 Å². The Labute approximate surface area is 180 Å². The Morgan fingerprint density at radius 1 is 0.967 bits per heavy atom. The molecule has 30 heavy (non-hydrogen) atoms. The Balaban J connectivity index is 1.99. The van der Waals surface area contributed by atoms with Crippen molar-refractivity contribution in [1.82, 2.24) is 10.2 Å². The summed E-state index contributed by atoms with van der Waals surface area (Å²) in [5.41, 5.74) is 0. The van der Waals surface area contributed by atoms with Crippen LogP contribution in [0.25, 0.3) is 0 Å². The first-order valence-corrected chi connectivity index (χ1v) is 11.4. The molecule has 0 aromatic heterocycles. The van der Waals surface area contributed by atoms with Crippen LogP contribution < -0.4 is 5.32 Å². The van der Waals surface area contributed by atoms with Crippen LogP contribution in [0.15, 0.2) is 11.8 Å². The third-order valence-electron chi connectivity index (χ3n) is 5.78. The molecule has 0 bridgehead atoms. The maximum absolute atomic E-state index is 13.0. The zero-order valence-corrected chi connectivity index (χ0v) is 18.5. The quantitative estimate of drug-likeness (QED) is 0.522. The van der Waals surface area contributed by atoms with Crippen LogP contribution in [0, 0.1) is 17.8 Å². The van der Waals surface area contributed by atoms with Crippen molar-refractivity contribution >= 4 is 17.7 Å². The molecular formula is C24H36N2O4. The predicted octanol–water partition coefficient (Wildman–Crippen LogP) is 3.70. The van der Waals surface area contributed by atoms with Crippen molar-refractivity contribution in [3.8, 4) is 11.8 Å². The van der Waals surface area contributed by atoms with E-state index in [0.717, 1.165) is 64.2 Å². The molecule has 2 atom stereocenters. The van der Waals surface area contributed by atoms with Gasteiger partial charge in [-0.05, 0) is 44.9 Å². The highest BCUT2D eigenvalue weighted by atomic mass is 16.5. The average molecular weight is 417 g/mol. The van der Waals surface area contributed by atoms with Crippen LogP contribution in [0.5, 0.6) is 0 Å². The van der Waals surface area contributed by atoms with Crippen molar-refractivity contribution in [3.63, 3.8) is 0 Å². The van der Waals surface area contributed by atoms with E-state index in [2.05, 4.69) is 17.2 Å². The molecule has 1 unspecified atom stereocenters. The molecule has 0 fully saturated rings. The number of fused-ring (bicyclic) bond motifs is 1. The molecule has 0 saturated heterocycles. The van der Waals surface area contributed by atoms with Crippen molar-refractivity contribution in [2.45, 2.75) is 90.0 Å². The Hall–Kier alpha value is -2.29. The first-order valence-electron chi connectivity index (χ1n) is 11.4. The second-order valence-corrected chi connectivity index (χ2v) is 8.22. The second-order valence-electron chi connectivity index (χ2n) is 8.22. The van der Waals surface area contributed by atoms with E-state index >= 15 is 0 Å². The summed E-state index contributed by atoms with van der Waals surface area (Å²) in [5, 5.41) is 2.96. The van der Waals surface area contributed by atoms with Crippen LogP contribution in [0.3, 0.4) is 0 Å². The van der Waals surface area contributed by atoms with Crippen LogP contribution in [0.4, 0.5) is 0 Å². The molecule has 2 heterocycles. The number of imide groups is 1. The smallest absolute Gasteiger partial charge is 0.257 e. The Morgan fingerprint density at radius 2 is 1.67 bits per heavy atom. The Kier molecular flexibility index (Phi) is 10.5. The summed E-state index contributed by atoms with van der Waals surface area (Å²) < 4.78 is 5.39. The van der Waals surface area contributed by atoms with Gasteiger partial charge in [0.05, 0.1) is 13.2 Å². The fourth-order valence-corrected chi connectivity index (χ4v) is 3.95. The third kappa shape index (κ3) is 7.51. The first kappa shape index (κ1) is 24.0. The molecule has 166 valence electrons. The number of carbonyl (C=O) groups excluding carboxylic acids is 3. The molecule has 6 nitrogen and oxygen atoms in total. The van der Waals surface area contributed by atoms with Crippen LogP contribution in [0.2, 0.25) is 0 Å². The lowest BCUT2D eigenvalue weighted by molar-refractivity contribution is -0.146. The van der Waals surface area contributed by atoms with Gasteiger partial charge in [-0.15, -0.1) is 11.8 Å². The second kappa shape index (κ2) is 13.1. The summed E-state index contributed by atoms with van der Waals surface area (Å²) in [6.45, 7) is 2.51. The van der Waals surface area contributed by atoms with Gasteiger partial charge >= 0.3 is 0 Å². The lowest BCUT2D eigenvalue weighted by atomic mass is 10.00. The van der Waals surface area contributed by atoms with E-state index < -0.39 is 0 Å². The molecule has 1 N–H and O–H groups in total. The molecule has 2 aliphatic heterocycles. The minimum absolute atomic E-state index is 0.0890. The van der Waals surface area contributed by atoms with Crippen molar-refractivity contribution in [3.05, 3.63) is 11.8 Å². The third-order valence-corrected chi connectivity index (χ3v) is 5.78. The van der Waals surface area contributed by atoms with Crippen LogP contribution in [-0.2, 0) is 19.1 Å². The molecule has 0 radical (unpaired) electrons. The Bertz CT molecular complexity index is 689. The van der Waals surface area contributed by atoms with Crippen molar-refractivity contribution in [2.24, 2.45) is 5.92 Å². The summed E-state index contributed by atoms with van der Waals surface area (Å²) in [5.74, 6) is 6.43. The summed E-state index contributed by atoms with van der Waals surface area (Å²) >= 11 is 0. The minimum atomic E-state index is -0.340. The van der Waals surface area contributed by atoms with Gasteiger partial charge in [0.15, 0.2) is 0 Å². The highest BCUT2D eigenvalue weighted by Crippen LogP contribution is 2.27. The number of hydrogen-bond acceptors (Lipinski definition) is 4. The van der Waals surface area contributed by atoms with Gasteiger partial charge < -0.3 is 10.1 Å². The van der Waals surface area contributed by atoms with E-state index in [1.165, 1.54) is 18.1 Å². The van der Waals surface area contributed by atoms with Crippen LogP contribution in [-0.4, -0.2) is 42.3 Å². The zero-order valence-electron chi connectivity index (χ0n) is 18.5. The number of ether oxygens (including phenoxy) is 1. The van der Waals surface area contributed by atoms with Crippen molar-refractivity contribution in [2.75, 3.05) is 13.7 Å². The molecule has 0 aromatic rings. The van der Waals surface area contributed by atoms with Crippen LogP contribution >= 0.6 is 0 Å². The van der Waals surface area contributed by atoms with Gasteiger partial charge in [-0.3, -0.25) is 19.3 Å². The summed E-state index contributed by atoms with van der Waals surface area (Å²) in [7, 11) is 1.54. The molecule has 0 aliphatic carbocycles. The number of methoxy groups -OCH3 is 1. The fraction of sp³-hybridized carbons (Fsp3) is 0.708. The molecule has 3 amide bonds. The zero-order chi connectivity index (χ0) is 21.8. The number of nitrogens with one attached hydrogen (secondary N) is 1. The SMILES string of the molecule is COC1=CC(=O)N2C(=O)C(C)CCCCC#CCCCCCC(=O)NCCCC[C@@H]12. The molecule has 0 saturated carbocycles. The summed E-state index contributed by atoms with van der Waals surface area (Å²) in [6.07, 6.45) is 11.6. The van der Waals surface area contributed by atoms with E-state index in [-0.39, 0.29) is 29.7 Å². The molecule has 2 aliphatic rings. The highest BCUT2D eigenvalue weighted by molar-refractivity contribution is 6.04. The fourth-order valence-electron chi connectivity index (χ4n) is 3.95. The average Bonchev–Trinajstić information content (AvgIpc) is 3.05. The lowest BCUT2D eigenvalue weighted by Gasteiger charge is -2.27. The number of hydrogen-bond donors (Lipinski definition) is 1. The number of carbonyl (C=O) groups is 3. The lowest BCUT2D eigenvalue weighted by Crippen LogP contribution is -2.43. The minimum Gasteiger partial charge on any atom is -0.499 e. The van der Waals surface area contributed by atoms with Crippen molar-refractivity contribution in [1.29, 1.82) is 0 Å².